The lowest BCUT2D eigenvalue weighted by molar-refractivity contribution is -0.126. The van der Waals surface area contributed by atoms with Gasteiger partial charge in [-0.2, -0.15) is 0 Å². The van der Waals surface area contributed by atoms with Crippen LogP contribution >= 0.6 is 0 Å². The molecule has 3 nitrogen and oxygen atoms in total. The third kappa shape index (κ3) is 5.38. The molecule has 2 N–H and O–H groups in total. The van der Waals surface area contributed by atoms with Crippen molar-refractivity contribution in [3.63, 3.8) is 0 Å². The largest absolute Gasteiger partial charge is 0.355 e. The molecule has 1 aliphatic rings. The number of carbonyl (C=O) groups is 1. The molecular formula is C15H30N2O. The highest BCUT2D eigenvalue weighted by Gasteiger charge is 2.26. The Morgan fingerprint density at radius 2 is 2.11 bits per heavy atom. The van der Waals surface area contributed by atoms with Crippen molar-refractivity contribution in [1.82, 2.24) is 10.6 Å². The van der Waals surface area contributed by atoms with Crippen molar-refractivity contribution in [1.29, 1.82) is 0 Å². The van der Waals surface area contributed by atoms with Gasteiger partial charge in [0.15, 0.2) is 0 Å². The molecule has 1 amide bonds. The molecule has 2 atom stereocenters. The van der Waals surface area contributed by atoms with Crippen LogP contribution in [0.5, 0.6) is 0 Å². The van der Waals surface area contributed by atoms with Gasteiger partial charge in [0, 0.05) is 18.5 Å². The minimum absolute atomic E-state index is 0.197. The van der Waals surface area contributed by atoms with Crippen LogP contribution in [0.2, 0.25) is 0 Å². The van der Waals surface area contributed by atoms with Crippen LogP contribution in [-0.2, 0) is 4.79 Å². The Morgan fingerprint density at radius 3 is 2.67 bits per heavy atom. The Kier molecular flexibility index (Phi) is 5.64. The van der Waals surface area contributed by atoms with Crippen LogP contribution in [-0.4, -0.2) is 25.0 Å². The van der Waals surface area contributed by atoms with Crippen LogP contribution in [0.25, 0.3) is 0 Å². The summed E-state index contributed by atoms with van der Waals surface area (Å²) in [6, 6.07) is 0.471. The zero-order valence-corrected chi connectivity index (χ0v) is 12.7. The molecule has 1 heterocycles. The fourth-order valence-electron chi connectivity index (χ4n) is 3.02. The van der Waals surface area contributed by atoms with Crippen molar-refractivity contribution < 1.29 is 4.79 Å². The summed E-state index contributed by atoms with van der Waals surface area (Å²) in [5, 5.41) is 6.54. The predicted molar refractivity (Wildman–Crippen MR) is 76.4 cm³/mol. The van der Waals surface area contributed by atoms with Gasteiger partial charge in [0.1, 0.15) is 0 Å². The molecule has 106 valence electrons. The van der Waals surface area contributed by atoms with Crippen LogP contribution in [0.3, 0.4) is 0 Å². The Morgan fingerprint density at radius 1 is 1.44 bits per heavy atom. The standard InChI is InChI=1S/C15H30N2O/c1-11(2)9-15(4,5)10-17-14(18)13-6-7-16-12(3)8-13/h11-13,16H,6-10H2,1-5H3,(H,17,18)/t12-,13-/m0/s1. The van der Waals surface area contributed by atoms with Gasteiger partial charge in [-0.15, -0.1) is 0 Å². The summed E-state index contributed by atoms with van der Waals surface area (Å²) in [4.78, 5) is 12.1. The van der Waals surface area contributed by atoms with E-state index in [1.165, 1.54) is 0 Å². The van der Waals surface area contributed by atoms with Crippen molar-refractivity contribution in [2.24, 2.45) is 17.3 Å². The van der Waals surface area contributed by atoms with Gasteiger partial charge >= 0.3 is 0 Å². The average Bonchev–Trinajstić information content (AvgIpc) is 2.24. The molecule has 0 aromatic heterocycles. The van der Waals surface area contributed by atoms with E-state index >= 15 is 0 Å². The maximum Gasteiger partial charge on any atom is 0.223 e. The SMILES string of the molecule is CC(C)CC(C)(C)CNC(=O)[C@H]1CCN[C@@H](C)C1. The second-order valence-electron chi connectivity index (χ2n) is 7.06. The van der Waals surface area contributed by atoms with Crippen LogP contribution < -0.4 is 10.6 Å². The van der Waals surface area contributed by atoms with Crippen molar-refractivity contribution in [2.75, 3.05) is 13.1 Å². The lowest BCUT2D eigenvalue weighted by Gasteiger charge is -2.30. The molecule has 3 heteroatoms. The van der Waals surface area contributed by atoms with Crippen LogP contribution in [0.15, 0.2) is 0 Å². The summed E-state index contributed by atoms with van der Waals surface area (Å²) >= 11 is 0. The highest BCUT2D eigenvalue weighted by molar-refractivity contribution is 5.78. The maximum absolute atomic E-state index is 12.1. The van der Waals surface area contributed by atoms with Gasteiger partial charge in [-0.05, 0) is 44.1 Å². The van der Waals surface area contributed by atoms with E-state index in [0.29, 0.717) is 12.0 Å². The van der Waals surface area contributed by atoms with Gasteiger partial charge in [-0.25, -0.2) is 0 Å². The number of amides is 1. The van der Waals surface area contributed by atoms with Crippen LogP contribution in [0, 0.1) is 17.3 Å². The van der Waals surface area contributed by atoms with E-state index in [1.807, 2.05) is 0 Å². The normalized spacial score (nSPS) is 25.2. The van der Waals surface area contributed by atoms with E-state index < -0.39 is 0 Å². The van der Waals surface area contributed by atoms with Crippen molar-refractivity contribution in [3.8, 4) is 0 Å². The third-order valence-electron chi connectivity index (χ3n) is 3.70. The van der Waals surface area contributed by atoms with Crippen molar-refractivity contribution >= 4 is 5.91 Å². The number of rotatable bonds is 5. The first-order chi connectivity index (χ1) is 8.30. The van der Waals surface area contributed by atoms with E-state index in [0.717, 1.165) is 32.4 Å². The predicted octanol–water partition coefficient (Wildman–Crippen LogP) is 2.56. The molecular weight excluding hydrogens is 224 g/mol. The molecule has 1 rings (SSSR count). The molecule has 0 aromatic rings. The Hall–Kier alpha value is -0.570. The Labute approximate surface area is 112 Å². The minimum atomic E-state index is 0.197. The second kappa shape index (κ2) is 6.55. The number of carbonyl (C=O) groups excluding carboxylic acids is 1. The summed E-state index contributed by atoms with van der Waals surface area (Å²) in [5.74, 6) is 1.13. The van der Waals surface area contributed by atoms with E-state index in [1.54, 1.807) is 0 Å². The second-order valence-corrected chi connectivity index (χ2v) is 7.06. The Bertz CT molecular complexity index is 274. The smallest absolute Gasteiger partial charge is 0.223 e. The molecule has 0 spiro atoms. The van der Waals surface area contributed by atoms with Gasteiger partial charge < -0.3 is 10.6 Å². The van der Waals surface area contributed by atoms with Gasteiger partial charge in [-0.1, -0.05) is 27.7 Å². The lowest BCUT2D eigenvalue weighted by Crippen LogP contribution is -2.44. The first-order valence-electron chi connectivity index (χ1n) is 7.31. The summed E-state index contributed by atoms with van der Waals surface area (Å²) < 4.78 is 0. The molecule has 18 heavy (non-hydrogen) atoms. The topological polar surface area (TPSA) is 41.1 Å². The highest BCUT2D eigenvalue weighted by atomic mass is 16.1. The monoisotopic (exact) mass is 254 g/mol. The summed E-state index contributed by atoms with van der Waals surface area (Å²) in [6.07, 6.45) is 3.09. The zero-order valence-electron chi connectivity index (χ0n) is 12.7. The molecule has 0 bridgehead atoms. The zero-order chi connectivity index (χ0) is 13.8. The third-order valence-corrected chi connectivity index (χ3v) is 3.70. The molecule has 0 unspecified atom stereocenters. The van der Waals surface area contributed by atoms with Crippen LogP contribution in [0.4, 0.5) is 0 Å². The van der Waals surface area contributed by atoms with Gasteiger partial charge in [0.05, 0.1) is 0 Å². The average molecular weight is 254 g/mol. The van der Waals surface area contributed by atoms with Gasteiger partial charge in [-0.3, -0.25) is 4.79 Å². The molecule has 1 aliphatic heterocycles. The van der Waals surface area contributed by atoms with Gasteiger partial charge in [0.2, 0.25) is 5.91 Å². The molecule has 0 aliphatic carbocycles. The molecule has 0 aromatic carbocycles. The fraction of sp³-hybridized carbons (Fsp3) is 0.933. The molecule has 0 radical (unpaired) electrons. The first kappa shape index (κ1) is 15.5. The van der Waals surface area contributed by atoms with Gasteiger partial charge in [0.25, 0.3) is 0 Å². The summed E-state index contributed by atoms with van der Waals surface area (Å²) in [5.41, 5.74) is 0.197. The van der Waals surface area contributed by atoms with E-state index in [2.05, 4.69) is 45.3 Å². The van der Waals surface area contributed by atoms with Crippen LogP contribution in [0.1, 0.15) is 53.9 Å². The number of hydrogen-bond donors (Lipinski definition) is 2. The fourth-order valence-corrected chi connectivity index (χ4v) is 3.02. The van der Waals surface area contributed by atoms with E-state index in [-0.39, 0.29) is 17.2 Å². The molecule has 0 saturated carbocycles. The van der Waals surface area contributed by atoms with Crippen molar-refractivity contribution in [3.05, 3.63) is 0 Å². The number of hydrogen-bond acceptors (Lipinski definition) is 2. The number of piperidine rings is 1. The van der Waals surface area contributed by atoms with Crippen molar-refractivity contribution in [2.45, 2.75) is 59.9 Å². The maximum atomic E-state index is 12.1. The lowest BCUT2D eigenvalue weighted by atomic mass is 9.83. The summed E-state index contributed by atoms with van der Waals surface area (Å²) in [7, 11) is 0. The highest BCUT2D eigenvalue weighted by Crippen LogP contribution is 2.24. The Balaban J connectivity index is 2.36. The quantitative estimate of drug-likeness (QED) is 0.791. The minimum Gasteiger partial charge on any atom is -0.355 e. The molecule has 1 saturated heterocycles. The molecule has 1 fully saturated rings. The van der Waals surface area contributed by atoms with E-state index in [4.69, 9.17) is 0 Å². The van der Waals surface area contributed by atoms with E-state index in [9.17, 15) is 4.79 Å². The first-order valence-corrected chi connectivity index (χ1v) is 7.31. The summed E-state index contributed by atoms with van der Waals surface area (Å²) in [6.45, 7) is 12.9. The number of nitrogens with one attached hydrogen (secondary N) is 2.